The summed E-state index contributed by atoms with van der Waals surface area (Å²) in [6, 6.07) is 0. The summed E-state index contributed by atoms with van der Waals surface area (Å²) >= 11 is 0. The Hall–Kier alpha value is -1.77. The van der Waals surface area contributed by atoms with Crippen LogP contribution in [-0.4, -0.2) is 52.1 Å². The van der Waals surface area contributed by atoms with Crippen LogP contribution in [0.1, 0.15) is 10.5 Å². The number of aromatic nitrogens is 2. The topological polar surface area (TPSA) is 61.6 Å². The van der Waals surface area contributed by atoms with Gasteiger partial charge < -0.3 is 14.6 Å². The SMILES string of the molecule is CN1C(=O)c2c(ncn2CC(F)(F)F)N(C)C1O. The van der Waals surface area contributed by atoms with Crippen molar-refractivity contribution in [1.29, 1.82) is 0 Å². The highest BCUT2D eigenvalue weighted by molar-refractivity contribution is 5.99. The summed E-state index contributed by atoms with van der Waals surface area (Å²) in [5.41, 5.74) is -0.178. The van der Waals surface area contributed by atoms with Crippen LogP contribution in [0.25, 0.3) is 0 Å². The van der Waals surface area contributed by atoms with E-state index in [1.807, 2.05) is 0 Å². The fourth-order valence-corrected chi connectivity index (χ4v) is 1.80. The molecule has 2 heterocycles. The molecule has 0 fully saturated rings. The smallest absolute Gasteiger partial charge is 0.356 e. The Kier molecular flexibility index (Phi) is 2.73. The van der Waals surface area contributed by atoms with Crippen LogP contribution >= 0.6 is 0 Å². The van der Waals surface area contributed by atoms with Crippen molar-refractivity contribution >= 4 is 11.7 Å². The van der Waals surface area contributed by atoms with E-state index in [2.05, 4.69) is 4.98 Å². The molecule has 18 heavy (non-hydrogen) atoms. The predicted molar refractivity (Wildman–Crippen MR) is 54.8 cm³/mol. The molecule has 0 bridgehead atoms. The Morgan fingerprint density at radius 3 is 2.56 bits per heavy atom. The van der Waals surface area contributed by atoms with E-state index in [9.17, 15) is 23.1 Å². The molecule has 1 N–H and O–H groups in total. The Morgan fingerprint density at radius 1 is 1.39 bits per heavy atom. The van der Waals surface area contributed by atoms with E-state index in [0.29, 0.717) is 0 Å². The van der Waals surface area contributed by atoms with Crippen molar-refractivity contribution in [3.63, 3.8) is 0 Å². The third kappa shape index (κ3) is 1.90. The molecule has 1 unspecified atom stereocenters. The van der Waals surface area contributed by atoms with Gasteiger partial charge in [-0.1, -0.05) is 0 Å². The van der Waals surface area contributed by atoms with Crippen molar-refractivity contribution in [2.24, 2.45) is 0 Å². The maximum Gasteiger partial charge on any atom is 0.406 e. The number of amides is 1. The van der Waals surface area contributed by atoms with Gasteiger partial charge in [0.05, 0.1) is 6.33 Å². The number of aliphatic hydroxyl groups is 1. The summed E-state index contributed by atoms with van der Waals surface area (Å²) < 4.78 is 37.8. The summed E-state index contributed by atoms with van der Waals surface area (Å²) in [4.78, 5) is 17.8. The molecular formula is C9H11F3N4O2. The van der Waals surface area contributed by atoms with Gasteiger partial charge in [0, 0.05) is 14.1 Å². The summed E-state index contributed by atoms with van der Waals surface area (Å²) in [5, 5.41) is 9.66. The van der Waals surface area contributed by atoms with Crippen molar-refractivity contribution in [1.82, 2.24) is 14.5 Å². The summed E-state index contributed by atoms with van der Waals surface area (Å²) in [7, 11) is 2.74. The van der Waals surface area contributed by atoms with E-state index in [0.717, 1.165) is 15.8 Å². The second-order valence-corrected chi connectivity index (χ2v) is 4.03. The summed E-state index contributed by atoms with van der Waals surface area (Å²) in [5.74, 6) is -0.660. The lowest BCUT2D eigenvalue weighted by Crippen LogP contribution is -2.52. The van der Waals surface area contributed by atoms with E-state index < -0.39 is 25.0 Å². The Bertz CT molecular complexity index is 485. The van der Waals surface area contributed by atoms with Gasteiger partial charge in [-0.25, -0.2) is 4.98 Å². The minimum atomic E-state index is -4.44. The van der Waals surface area contributed by atoms with E-state index in [4.69, 9.17) is 0 Å². The van der Waals surface area contributed by atoms with Gasteiger partial charge >= 0.3 is 6.18 Å². The first kappa shape index (κ1) is 12.7. The van der Waals surface area contributed by atoms with Crippen LogP contribution < -0.4 is 4.90 Å². The maximum absolute atomic E-state index is 12.4. The van der Waals surface area contributed by atoms with Gasteiger partial charge in [0.2, 0.25) is 6.35 Å². The number of hydrogen-bond donors (Lipinski definition) is 1. The fourth-order valence-electron chi connectivity index (χ4n) is 1.80. The quantitative estimate of drug-likeness (QED) is 0.789. The molecule has 0 saturated heterocycles. The Morgan fingerprint density at radius 2 is 2.00 bits per heavy atom. The lowest BCUT2D eigenvalue weighted by atomic mass is 10.3. The average Bonchev–Trinajstić information content (AvgIpc) is 2.65. The second kappa shape index (κ2) is 3.87. The Balaban J connectivity index is 2.46. The zero-order chi connectivity index (χ0) is 13.7. The predicted octanol–water partition coefficient (Wildman–Crippen LogP) is 0.243. The number of anilines is 1. The van der Waals surface area contributed by atoms with Gasteiger partial charge in [-0.05, 0) is 0 Å². The normalized spacial score (nSPS) is 20.3. The molecule has 0 saturated carbocycles. The van der Waals surface area contributed by atoms with Gasteiger partial charge in [0.1, 0.15) is 6.54 Å². The number of carbonyl (C=O) groups excluding carboxylic acids is 1. The van der Waals surface area contributed by atoms with Gasteiger partial charge in [-0.2, -0.15) is 13.2 Å². The van der Waals surface area contributed by atoms with Gasteiger partial charge in [-0.15, -0.1) is 0 Å². The minimum absolute atomic E-state index is 0.0369. The summed E-state index contributed by atoms with van der Waals surface area (Å²) in [6.07, 6.45) is -4.74. The highest BCUT2D eigenvalue weighted by atomic mass is 19.4. The number of alkyl halides is 3. The van der Waals surface area contributed by atoms with Crippen LogP contribution in [-0.2, 0) is 6.54 Å². The van der Waals surface area contributed by atoms with Crippen LogP contribution in [0.5, 0.6) is 0 Å². The van der Waals surface area contributed by atoms with Crippen molar-refractivity contribution < 1.29 is 23.1 Å². The second-order valence-electron chi connectivity index (χ2n) is 4.03. The molecule has 1 aliphatic heterocycles. The molecule has 0 radical (unpaired) electrons. The first-order valence-electron chi connectivity index (χ1n) is 5.02. The maximum atomic E-state index is 12.4. The molecule has 9 heteroatoms. The van der Waals surface area contributed by atoms with Crippen molar-refractivity contribution in [2.45, 2.75) is 19.1 Å². The lowest BCUT2D eigenvalue weighted by molar-refractivity contribution is -0.140. The van der Waals surface area contributed by atoms with Gasteiger partial charge in [0.25, 0.3) is 5.91 Å². The largest absolute Gasteiger partial charge is 0.406 e. The molecule has 6 nitrogen and oxygen atoms in total. The molecule has 0 spiro atoms. The van der Waals surface area contributed by atoms with Crippen LogP contribution in [0, 0.1) is 0 Å². The number of imidazole rings is 1. The molecule has 100 valence electrons. The molecule has 1 aromatic rings. The van der Waals surface area contributed by atoms with E-state index in [-0.39, 0.29) is 11.5 Å². The third-order valence-corrected chi connectivity index (χ3v) is 2.72. The minimum Gasteiger partial charge on any atom is -0.356 e. The molecule has 1 amide bonds. The molecule has 0 aromatic carbocycles. The zero-order valence-corrected chi connectivity index (χ0v) is 9.64. The average molecular weight is 264 g/mol. The summed E-state index contributed by atoms with van der Waals surface area (Å²) in [6.45, 7) is -1.29. The lowest BCUT2D eigenvalue weighted by Gasteiger charge is -2.36. The third-order valence-electron chi connectivity index (χ3n) is 2.72. The zero-order valence-electron chi connectivity index (χ0n) is 9.64. The van der Waals surface area contributed by atoms with Crippen LogP contribution in [0.2, 0.25) is 0 Å². The molecular weight excluding hydrogens is 253 g/mol. The van der Waals surface area contributed by atoms with Crippen LogP contribution in [0.15, 0.2) is 6.33 Å². The number of halogens is 3. The number of carbonyl (C=O) groups is 1. The van der Waals surface area contributed by atoms with E-state index in [1.54, 1.807) is 0 Å². The van der Waals surface area contributed by atoms with Gasteiger partial charge in [0.15, 0.2) is 11.5 Å². The van der Waals surface area contributed by atoms with E-state index >= 15 is 0 Å². The number of hydrogen-bond acceptors (Lipinski definition) is 4. The molecule has 1 aromatic heterocycles. The monoisotopic (exact) mass is 264 g/mol. The highest BCUT2D eigenvalue weighted by Crippen LogP contribution is 2.28. The van der Waals surface area contributed by atoms with Crippen molar-refractivity contribution in [3.05, 3.63) is 12.0 Å². The highest BCUT2D eigenvalue weighted by Gasteiger charge is 2.38. The number of fused-ring (bicyclic) bond motifs is 1. The van der Waals surface area contributed by atoms with Crippen molar-refractivity contribution in [3.8, 4) is 0 Å². The first-order valence-corrected chi connectivity index (χ1v) is 5.02. The van der Waals surface area contributed by atoms with Crippen LogP contribution in [0.4, 0.5) is 19.0 Å². The number of nitrogens with zero attached hydrogens (tertiary/aromatic N) is 4. The number of rotatable bonds is 1. The fraction of sp³-hybridized carbons (Fsp3) is 0.556. The van der Waals surface area contributed by atoms with Gasteiger partial charge in [-0.3, -0.25) is 9.69 Å². The number of aliphatic hydroxyl groups excluding tert-OH is 1. The molecule has 2 rings (SSSR count). The molecule has 0 aliphatic carbocycles. The standard InChI is InChI=1S/C9H11F3N4O2/c1-14-6-5(7(17)15(2)8(14)18)16(4-13-6)3-9(10,11)12/h4,8,18H,3H2,1-2H3. The first-order chi connectivity index (χ1) is 8.22. The van der Waals surface area contributed by atoms with Crippen molar-refractivity contribution in [2.75, 3.05) is 19.0 Å². The molecule has 1 atom stereocenters. The Labute approximate surface area is 100 Å². The van der Waals surface area contributed by atoms with E-state index in [1.165, 1.54) is 19.0 Å². The van der Waals surface area contributed by atoms with Crippen LogP contribution in [0.3, 0.4) is 0 Å². The molecule has 1 aliphatic rings.